The smallest absolute Gasteiger partial charge is 0.267 e. The normalized spacial score (nSPS) is 18.9. The Morgan fingerprint density at radius 2 is 2.24 bits per heavy atom. The van der Waals surface area contributed by atoms with Crippen molar-refractivity contribution in [3.63, 3.8) is 0 Å². The number of aryl methyl sites for hydroxylation is 1. The van der Waals surface area contributed by atoms with Gasteiger partial charge in [0.1, 0.15) is 5.69 Å². The van der Waals surface area contributed by atoms with E-state index in [1.165, 1.54) is 0 Å². The number of carbonyl (C=O) groups excluding carboxylic acids is 1. The van der Waals surface area contributed by atoms with E-state index >= 15 is 0 Å². The Labute approximate surface area is 102 Å². The Morgan fingerprint density at radius 3 is 2.82 bits per heavy atom. The summed E-state index contributed by atoms with van der Waals surface area (Å²) in [5.41, 5.74) is 0.889. The van der Waals surface area contributed by atoms with Gasteiger partial charge in [0.05, 0.1) is 0 Å². The molecule has 17 heavy (non-hydrogen) atoms. The molecular weight excluding hydrogens is 216 g/mol. The molecule has 0 spiro atoms. The van der Waals surface area contributed by atoms with E-state index in [1.54, 1.807) is 0 Å². The SMILES string of the molecule is Cn1cccc1C(=O)NCC1(C)CCOCC1. The summed E-state index contributed by atoms with van der Waals surface area (Å²) < 4.78 is 7.18. The van der Waals surface area contributed by atoms with Crippen molar-refractivity contribution in [2.24, 2.45) is 12.5 Å². The first-order valence-corrected chi connectivity index (χ1v) is 6.08. The minimum atomic E-state index is 0.00483. The number of amides is 1. The number of nitrogens with zero attached hydrogens (tertiary/aromatic N) is 1. The van der Waals surface area contributed by atoms with Gasteiger partial charge in [-0.3, -0.25) is 4.79 Å². The fourth-order valence-electron chi connectivity index (χ4n) is 2.12. The highest BCUT2D eigenvalue weighted by Crippen LogP contribution is 2.28. The second-order valence-corrected chi connectivity index (χ2v) is 5.11. The summed E-state index contributed by atoms with van der Waals surface area (Å²) >= 11 is 0. The molecule has 1 aromatic heterocycles. The molecule has 4 nitrogen and oxygen atoms in total. The molecule has 1 aliphatic rings. The van der Waals surface area contributed by atoms with E-state index in [4.69, 9.17) is 4.74 Å². The van der Waals surface area contributed by atoms with Crippen LogP contribution in [0.2, 0.25) is 0 Å². The van der Waals surface area contributed by atoms with E-state index in [9.17, 15) is 4.79 Å². The van der Waals surface area contributed by atoms with Crippen LogP contribution in [-0.2, 0) is 11.8 Å². The van der Waals surface area contributed by atoms with Gasteiger partial charge < -0.3 is 14.6 Å². The van der Waals surface area contributed by atoms with Crippen LogP contribution in [-0.4, -0.2) is 30.2 Å². The van der Waals surface area contributed by atoms with Gasteiger partial charge in [0.15, 0.2) is 0 Å². The number of hydrogen-bond donors (Lipinski definition) is 1. The summed E-state index contributed by atoms with van der Waals surface area (Å²) in [6.07, 6.45) is 3.91. The monoisotopic (exact) mass is 236 g/mol. The first kappa shape index (κ1) is 12.2. The summed E-state index contributed by atoms with van der Waals surface area (Å²) in [7, 11) is 1.88. The number of ether oxygens (including phenoxy) is 1. The Hall–Kier alpha value is -1.29. The number of nitrogens with one attached hydrogen (secondary N) is 1. The van der Waals surface area contributed by atoms with Gasteiger partial charge in [0.25, 0.3) is 5.91 Å². The lowest BCUT2D eigenvalue weighted by Crippen LogP contribution is -2.39. The standard InChI is InChI=1S/C13H20N2O2/c1-13(5-8-17-9-6-13)10-14-12(16)11-4-3-7-15(11)2/h3-4,7H,5-6,8-10H2,1-2H3,(H,14,16). The van der Waals surface area contributed by atoms with Gasteiger partial charge in [-0.15, -0.1) is 0 Å². The number of hydrogen-bond acceptors (Lipinski definition) is 2. The van der Waals surface area contributed by atoms with Crippen LogP contribution in [0.1, 0.15) is 30.3 Å². The Morgan fingerprint density at radius 1 is 1.53 bits per heavy atom. The van der Waals surface area contributed by atoms with Crippen LogP contribution < -0.4 is 5.32 Å². The molecule has 1 fully saturated rings. The molecule has 94 valence electrons. The summed E-state index contributed by atoms with van der Waals surface area (Å²) in [6, 6.07) is 3.72. The lowest BCUT2D eigenvalue weighted by atomic mass is 9.82. The number of rotatable bonds is 3. The van der Waals surface area contributed by atoms with Crippen molar-refractivity contribution in [2.75, 3.05) is 19.8 Å². The summed E-state index contributed by atoms with van der Waals surface area (Å²) in [6.45, 7) is 4.54. The molecule has 0 atom stereocenters. The molecule has 0 aromatic carbocycles. The maximum Gasteiger partial charge on any atom is 0.267 e. The van der Waals surface area contributed by atoms with Crippen molar-refractivity contribution in [1.82, 2.24) is 9.88 Å². The molecule has 1 saturated heterocycles. The third kappa shape index (κ3) is 2.88. The molecule has 0 radical (unpaired) electrons. The second kappa shape index (κ2) is 4.92. The zero-order chi connectivity index (χ0) is 12.3. The Balaban J connectivity index is 1.90. The largest absolute Gasteiger partial charge is 0.381 e. The molecule has 0 aliphatic carbocycles. The molecule has 2 heterocycles. The van der Waals surface area contributed by atoms with Gasteiger partial charge in [0, 0.05) is 33.0 Å². The number of aromatic nitrogens is 1. The number of carbonyl (C=O) groups is 1. The molecule has 1 amide bonds. The van der Waals surface area contributed by atoms with E-state index in [1.807, 2.05) is 29.9 Å². The molecule has 1 aromatic rings. The average molecular weight is 236 g/mol. The van der Waals surface area contributed by atoms with Crippen molar-refractivity contribution < 1.29 is 9.53 Å². The third-order valence-electron chi connectivity index (χ3n) is 3.55. The maximum absolute atomic E-state index is 11.9. The van der Waals surface area contributed by atoms with E-state index in [0.717, 1.165) is 32.6 Å². The fraction of sp³-hybridized carbons (Fsp3) is 0.615. The van der Waals surface area contributed by atoms with Gasteiger partial charge in [-0.1, -0.05) is 6.92 Å². The quantitative estimate of drug-likeness (QED) is 0.865. The van der Waals surface area contributed by atoms with Crippen molar-refractivity contribution in [2.45, 2.75) is 19.8 Å². The highest BCUT2D eigenvalue weighted by molar-refractivity contribution is 5.92. The van der Waals surface area contributed by atoms with Gasteiger partial charge >= 0.3 is 0 Å². The summed E-state index contributed by atoms with van der Waals surface area (Å²) in [4.78, 5) is 11.9. The van der Waals surface area contributed by atoms with Crippen molar-refractivity contribution in [3.05, 3.63) is 24.0 Å². The summed E-state index contributed by atoms with van der Waals surface area (Å²) in [5, 5.41) is 3.02. The second-order valence-electron chi connectivity index (χ2n) is 5.11. The molecule has 4 heteroatoms. The maximum atomic E-state index is 11.9. The first-order chi connectivity index (χ1) is 8.11. The van der Waals surface area contributed by atoms with E-state index in [0.29, 0.717) is 5.69 Å². The van der Waals surface area contributed by atoms with Crippen LogP contribution in [0.3, 0.4) is 0 Å². The van der Waals surface area contributed by atoms with Crippen LogP contribution in [0.25, 0.3) is 0 Å². The Kier molecular flexibility index (Phi) is 3.52. The molecule has 0 bridgehead atoms. The third-order valence-corrected chi connectivity index (χ3v) is 3.55. The zero-order valence-corrected chi connectivity index (χ0v) is 10.5. The van der Waals surface area contributed by atoms with Crippen LogP contribution in [0.15, 0.2) is 18.3 Å². The first-order valence-electron chi connectivity index (χ1n) is 6.08. The lowest BCUT2D eigenvalue weighted by Gasteiger charge is -2.33. The van der Waals surface area contributed by atoms with E-state index < -0.39 is 0 Å². The van der Waals surface area contributed by atoms with Crippen molar-refractivity contribution in [3.8, 4) is 0 Å². The molecule has 1 aliphatic heterocycles. The minimum Gasteiger partial charge on any atom is -0.381 e. The molecule has 0 unspecified atom stereocenters. The van der Waals surface area contributed by atoms with Gasteiger partial charge in [-0.05, 0) is 30.4 Å². The highest BCUT2D eigenvalue weighted by atomic mass is 16.5. The van der Waals surface area contributed by atoms with Crippen LogP contribution in [0.4, 0.5) is 0 Å². The molecular formula is C13H20N2O2. The van der Waals surface area contributed by atoms with Crippen molar-refractivity contribution >= 4 is 5.91 Å². The molecule has 0 saturated carbocycles. The predicted molar refractivity (Wildman–Crippen MR) is 65.9 cm³/mol. The van der Waals surface area contributed by atoms with Crippen LogP contribution >= 0.6 is 0 Å². The van der Waals surface area contributed by atoms with Gasteiger partial charge in [-0.2, -0.15) is 0 Å². The van der Waals surface area contributed by atoms with Crippen molar-refractivity contribution in [1.29, 1.82) is 0 Å². The fourth-order valence-corrected chi connectivity index (χ4v) is 2.12. The zero-order valence-electron chi connectivity index (χ0n) is 10.5. The lowest BCUT2D eigenvalue weighted by molar-refractivity contribution is 0.0238. The minimum absolute atomic E-state index is 0.00483. The van der Waals surface area contributed by atoms with Crippen LogP contribution in [0.5, 0.6) is 0 Å². The van der Waals surface area contributed by atoms with E-state index in [-0.39, 0.29) is 11.3 Å². The average Bonchev–Trinajstić information content (AvgIpc) is 2.74. The van der Waals surface area contributed by atoms with Gasteiger partial charge in [-0.25, -0.2) is 0 Å². The topological polar surface area (TPSA) is 43.3 Å². The van der Waals surface area contributed by atoms with E-state index in [2.05, 4.69) is 12.2 Å². The van der Waals surface area contributed by atoms with Gasteiger partial charge in [0.2, 0.25) is 0 Å². The molecule has 2 rings (SSSR count). The molecule has 1 N–H and O–H groups in total. The summed E-state index contributed by atoms with van der Waals surface area (Å²) in [5.74, 6) is 0.00483. The predicted octanol–water partition coefficient (Wildman–Crippen LogP) is 1.57. The Bertz CT molecular complexity index is 392. The highest BCUT2D eigenvalue weighted by Gasteiger charge is 2.28. The van der Waals surface area contributed by atoms with Crippen LogP contribution in [0, 0.1) is 5.41 Å².